The van der Waals surface area contributed by atoms with Gasteiger partial charge in [0.25, 0.3) is 11.8 Å². The van der Waals surface area contributed by atoms with Gasteiger partial charge in [0.1, 0.15) is 0 Å². The van der Waals surface area contributed by atoms with Gasteiger partial charge in [0.05, 0.1) is 11.1 Å². The van der Waals surface area contributed by atoms with Gasteiger partial charge in [-0.25, -0.2) is 4.90 Å². The van der Waals surface area contributed by atoms with E-state index in [1.807, 2.05) is 0 Å². The van der Waals surface area contributed by atoms with Gasteiger partial charge in [-0.2, -0.15) is 0 Å². The Morgan fingerprint density at radius 3 is 2.00 bits per heavy atom. The van der Waals surface area contributed by atoms with Crippen LogP contribution in [0.5, 0.6) is 0 Å². The standard InChI is InChI=1S/C19H27NO3Si/c1-5-24(6-2,7-3)23-14-10-11-15(4)20-18(21)16-12-8-9-13-17(16)19(20)22/h8-9,12-13H,4-7,10-11,14H2,1-3H3. The Morgan fingerprint density at radius 1 is 1.04 bits per heavy atom. The van der Waals surface area contributed by atoms with Crippen LogP contribution in [0.15, 0.2) is 36.5 Å². The van der Waals surface area contributed by atoms with Crippen molar-refractivity contribution in [2.24, 2.45) is 0 Å². The summed E-state index contributed by atoms with van der Waals surface area (Å²) in [6, 6.07) is 10.3. The zero-order chi connectivity index (χ0) is 17.7. The SMILES string of the molecule is C=C(CCCO[Si](CC)(CC)CC)N1C(=O)c2ccccc2C1=O. The molecule has 0 saturated carbocycles. The van der Waals surface area contributed by atoms with Crippen molar-refractivity contribution >= 4 is 20.1 Å². The Morgan fingerprint density at radius 2 is 1.54 bits per heavy atom. The Balaban J connectivity index is 1.91. The van der Waals surface area contributed by atoms with Crippen LogP contribution in [0.3, 0.4) is 0 Å². The number of carbonyl (C=O) groups is 2. The second-order valence-electron chi connectivity index (χ2n) is 6.25. The maximum atomic E-state index is 12.4. The first-order chi connectivity index (χ1) is 11.5. The summed E-state index contributed by atoms with van der Waals surface area (Å²) in [4.78, 5) is 26.0. The molecule has 130 valence electrons. The molecule has 0 aromatic heterocycles. The lowest BCUT2D eigenvalue weighted by Crippen LogP contribution is -2.36. The molecule has 5 heteroatoms. The number of amides is 2. The summed E-state index contributed by atoms with van der Waals surface area (Å²) >= 11 is 0. The third-order valence-corrected chi connectivity index (χ3v) is 9.74. The highest BCUT2D eigenvalue weighted by atomic mass is 28.4. The smallest absolute Gasteiger partial charge is 0.265 e. The molecule has 1 aromatic rings. The van der Waals surface area contributed by atoms with Crippen LogP contribution in [-0.2, 0) is 4.43 Å². The van der Waals surface area contributed by atoms with Gasteiger partial charge in [0, 0.05) is 12.3 Å². The van der Waals surface area contributed by atoms with Crippen molar-refractivity contribution in [2.45, 2.75) is 51.7 Å². The molecular weight excluding hydrogens is 318 g/mol. The van der Waals surface area contributed by atoms with Crippen molar-refractivity contribution in [3.63, 3.8) is 0 Å². The Hall–Kier alpha value is -1.72. The van der Waals surface area contributed by atoms with Crippen LogP contribution in [-0.4, -0.2) is 31.6 Å². The van der Waals surface area contributed by atoms with Crippen molar-refractivity contribution in [1.29, 1.82) is 0 Å². The average Bonchev–Trinajstić information content (AvgIpc) is 2.87. The van der Waals surface area contributed by atoms with Crippen molar-refractivity contribution in [3.05, 3.63) is 47.7 Å². The molecular formula is C19H27NO3Si. The molecule has 4 nitrogen and oxygen atoms in total. The molecule has 0 spiro atoms. The van der Waals surface area contributed by atoms with Gasteiger partial charge >= 0.3 is 0 Å². The number of allylic oxidation sites excluding steroid dienone is 1. The molecule has 0 unspecified atom stereocenters. The van der Waals surface area contributed by atoms with Gasteiger partial charge in [0.15, 0.2) is 8.32 Å². The van der Waals surface area contributed by atoms with Crippen LogP contribution in [0.25, 0.3) is 0 Å². The third kappa shape index (κ3) is 3.52. The lowest BCUT2D eigenvalue weighted by atomic mass is 10.1. The minimum atomic E-state index is -1.58. The quantitative estimate of drug-likeness (QED) is 0.373. The summed E-state index contributed by atoms with van der Waals surface area (Å²) in [5.74, 6) is -0.526. The summed E-state index contributed by atoms with van der Waals surface area (Å²) in [6.07, 6.45) is 1.37. The van der Waals surface area contributed by atoms with Crippen LogP contribution in [0.4, 0.5) is 0 Å². The van der Waals surface area contributed by atoms with E-state index in [-0.39, 0.29) is 11.8 Å². The second-order valence-corrected chi connectivity index (χ2v) is 11.0. The van der Waals surface area contributed by atoms with E-state index in [0.29, 0.717) is 29.9 Å². The molecule has 1 aliphatic heterocycles. The highest BCUT2D eigenvalue weighted by Gasteiger charge is 2.36. The number of hydrogen-bond acceptors (Lipinski definition) is 3. The largest absolute Gasteiger partial charge is 0.417 e. The molecule has 0 fully saturated rings. The number of benzene rings is 1. The first-order valence-electron chi connectivity index (χ1n) is 8.79. The zero-order valence-electron chi connectivity index (χ0n) is 14.9. The topological polar surface area (TPSA) is 46.6 Å². The maximum Gasteiger partial charge on any atom is 0.265 e. The highest BCUT2D eigenvalue weighted by Crippen LogP contribution is 2.27. The van der Waals surface area contributed by atoms with E-state index < -0.39 is 8.32 Å². The molecule has 0 N–H and O–H groups in total. The van der Waals surface area contributed by atoms with Crippen molar-refractivity contribution in [1.82, 2.24) is 4.90 Å². The molecule has 1 heterocycles. The first-order valence-corrected chi connectivity index (χ1v) is 11.3. The molecule has 2 amide bonds. The fourth-order valence-electron chi connectivity index (χ4n) is 3.21. The molecule has 24 heavy (non-hydrogen) atoms. The molecule has 1 aromatic carbocycles. The predicted octanol–water partition coefficient (Wildman–Crippen LogP) is 4.60. The number of nitrogens with zero attached hydrogens (tertiary/aromatic N) is 1. The minimum absolute atomic E-state index is 0.263. The highest BCUT2D eigenvalue weighted by molar-refractivity contribution is 6.73. The number of carbonyl (C=O) groups excluding carboxylic acids is 2. The Bertz CT molecular complexity index is 594. The van der Waals surface area contributed by atoms with Gasteiger partial charge < -0.3 is 4.43 Å². The van der Waals surface area contributed by atoms with Crippen LogP contribution < -0.4 is 0 Å². The zero-order valence-corrected chi connectivity index (χ0v) is 15.9. The maximum absolute atomic E-state index is 12.4. The predicted molar refractivity (Wildman–Crippen MR) is 98.5 cm³/mol. The van der Waals surface area contributed by atoms with Crippen molar-refractivity contribution < 1.29 is 14.0 Å². The third-order valence-electron chi connectivity index (χ3n) is 5.06. The van der Waals surface area contributed by atoms with Gasteiger partial charge in [-0.15, -0.1) is 0 Å². The minimum Gasteiger partial charge on any atom is -0.417 e. The average molecular weight is 346 g/mol. The number of rotatable bonds is 9. The second kappa shape index (κ2) is 7.90. The Labute approximate surface area is 145 Å². The summed E-state index contributed by atoms with van der Waals surface area (Å²) in [5, 5.41) is 0. The molecule has 0 radical (unpaired) electrons. The normalized spacial score (nSPS) is 14.2. The van der Waals surface area contributed by atoms with Crippen LogP contribution in [0.2, 0.25) is 18.1 Å². The fourth-order valence-corrected chi connectivity index (χ4v) is 5.90. The van der Waals surface area contributed by atoms with Crippen molar-refractivity contribution in [3.8, 4) is 0 Å². The van der Waals surface area contributed by atoms with E-state index in [4.69, 9.17) is 4.43 Å². The molecule has 0 saturated heterocycles. The molecule has 0 atom stereocenters. The number of imide groups is 1. The van der Waals surface area contributed by atoms with Crippen LogP contribution in [0.1, 0.15) is 54.3 Å². The van der Waals surface area contributed by atoms with E-state index in [0.717, 1.165) is 24.6 Å². The number of fused-ring (bicyclic) bond motifs is 1. The van der Waals surface area contributed by atoms with E-state index in [9.17, 15) is 9.59 Å². The molecule has 0 bridgehead atoms. The Kier molecular flexibility index (Phi) is 6.13. The van der Waals surface area contributed by atoms with E-state index in [1.54, 1.807) is 24.3 Å². The molecule has 2 rings (SSSR count). The van der Waals surface area contributed by atoms with Gasteiger partial charge in [0.2, 0.25) is 0 Å². The number of hydrogen-bond donors (Lipinski definition) is 0. The first kappa shape index (κ1) is 18.6. The monoisotopic (exact) mass is 345 g/mol. The van der Waals surface area contributed by atoms with Gasteiger partial charge in [-0.1, -0.05) is 39.5 Å². The summed E-state index contributed by atoms with van der Waals surface area (Å²) < 4.78 is 6.22. The molecule has 0 aliphatic carbocycles. The lowest BCUT2D eigenvalue weighted by molar-refractivity contribution is 0.0698. The van der Waals surface area contributed by atoms with Crippen LogP contribution in [0, 0.1) is 0 Å². The van der Waals surface area contributed by atoms with E-state index in [1.165, 1.54) is 4.90 Å². The van der Waals surface area contributed by atoms with E-state index in [2.05, 4.69) is 27.4 Å². The van der Waals surface area contributed by atoms with Gasteiger partial charge in [-0.05, 0) is 43.1 Å². The summed E-state index contributed by atoms with van der Waals surface area (Å²) in [7, 11) is -1.58. The fraction of sp³-hybridized carbons (Fsp3) is 0.474. The summed E-state index contributed by atoms with van der Waals surface area (Å²) in [5.41, 5.74) is 1.49. The van der Waals surface area contributed by atoms with Crippen LogP contribution >= 0.6 is 0 Å². The van der Waals surface area contributed by atoms with E-state index >= 15 is 0 Å². The summed E-state index contributed by atoms with van der Waals surface area (Å²) in [6.45, 7) is 11.2. The molecule has 1 aliphatic rings. The lowest BCUT2D eigenvalue weighted by Gasteiger charge is -2.28. The van der Waals surface area contributed by atoms with Crippen molar-refractivity contribution in [2.75, 3.05) is 6.61 Å². The van der Waals surface area contributed by atoms with Gasteiger partial charge in [-0.3, -0.25) is 9.59 Å².